The highest BCUT2D eigenvalue weighted by atomic mass is 32.1. The number of nitrogens with one attached hydrogen (secondary N) is 3. The molecule has 4 heterocycles. The van der Waals surface area contributed by atoms with Crippen LogP contribution in [0.15, 0.2) is 73.6 Å². The van der Waals surface area contributed by atoms with E-state index in [9.17, 15) is 14.4 Å². The van der Waals surface area contributed by atoms with Crippen LogP contribution >= 0.6 is 11.3 Å². The smallest absolute Gasteiger partial charge is 0.331 e. The van der Waals surface area contributed by atoms with Gasteiger partial charge in [0.05, 0.1) is 28.1 Å². The minimum atomic E-state index is -0.381. The first-order valence-corrected chi connectivity index (χ1v) is 11.6. The average molecular weight is 485 g/mol. The molecule has 0 saturated carbocycles. The van der Waals surface area contributed by atoms with Gasteiger partial charge in [-0.25, -0.2) is 9.78 Å². The van der Waals surface area contributed by atoms with Crippen molar-refractivity contribution in [2.45, 2.75) is 0 Å². The molecular formula is C25H20N6O3S. The Bertz CT molecular complexity index is 1470. The molecule has 0 spiro atoms. The van der Waals surface area contributed by atoms with Crippen LogP contribution in [0.25, 0.3) is 21.5 Å². The van der Waals surface area contributed by atoms with Gasteiger partial charge in [0.1, 0.15) is 9.71 Å². The maximum absolute atomic E-state index is 13.3. The van der Waals surface area contributed by atoms with E-state index in [1.165, 1.54) is 17.4 Å². The predicted octanol–water partition coefficient (Wildman–Crippen LogP) is 4.07. The number of rotatable bonds is 7. The highest BCUT2D eigenvalue weighted by Crippen LogP contribution is 2.45. The number of carbonyl (C=O) groups is 3. The first-order valence-electron chi connectivity index (χ1n) is 10.8. The van der Waals surface area contributed by atoms with Crippen LogP contribution in [0, 0.1) is 0 Å². The molecule has 4 aromatic rings. The summed E-state index contributed by atoms with van der Waals surface area (Å²) in [6.45, 7) is 3.87. The Morgan fingerprint density at radius 3 is 2.71 bits per heavy atom. The van der Waals surface area contributed by atoms with E-state index in [4.69, 9.17) is 0 Å². The molecule has 10 heteroatoms. The quantitative estimate of drug-likeness (QED) is 0.270. The zero-order valence-corrected chi connectivity index (χ0v) is 19.3. The number of nitrogens with zero attached hydrogens (tertiary/aromatic N) is 3. The number of pyridine rings is 2. The van der Waals surface area contributed by atoms with E-state index < -0.39 is 0 Å². The number of benzene rings is 1. The van der Waals surface area contributed by atoms with E-state index in [1.54, 1.807) is 23.4 Å². The van der Waals surface area contributed by atoms with Gasteiger partial charge in [-0.15, -0.1) is 11.3 Å². The summed E-state index contributed by atoms with van der Waals surface area (Å²) in [4.78, 5) is 48.8. The zero-order chi connectivity index (χ0) is 24.4. The third-order valence-corrected chi connectivity index (χ3v) is 6.51. The van der Waals surface area contributed by atoms with Crippen molar-refractivity contribution in [1.82, 2.24) is 20.6 Å². The molecule has 5 rings (SSSR count). The van der Waals surface area contributed by atoms with Gasteiger partial charge in [-0.05, 0) is 36.4 Å². The fourth-order valence-electron chi connectivity index (χ4n) is 3.85. The monoisotopic (exact) mass is 484 g/mol. The minimum Gasteiger partial charge on any atom is -0.351 e. The van der Waals surface area contributed by atoms with Gasteiger partial charge in [0, 0.05) is 31.0 Å². The lowest BCUT2D eigenvalue weighted by atomic mass is 10.1. The second-order valence-electron chi connectivity index (χ2n) is 7.60. The molecule has 0 aliphatic carbocycles. The summed E-state index contributed by atoms with van der Waals surface area (Å²) < 4.78 is 0. The zero-order valence-electron chi connectivity index (χ0n) is 18.4. The highest BCUT2D eigenvalue weighted by molar-refractivity contribution is 7.21. The number of hydrogen-bond acceptors (Lipinski definition) is 6. The lowest BCUT2D eigenvalue weighted by Gasteiger charge is -2.28. The maximum atomic E-state index is 13.3. The van der Waals surface area contributed by atoms with Crippen LogP contribution in [0.3, 0.4) is 0 Å². The first kappa shape index (κ1) is 22.2. The Labute approximate surface area is 204 Å². The van der Waals surface area contributed by atoms with Crippen molar-refractivity contribution in [2.75, 3.05) is 23.3 Å². The molecule has 3 N–H and O–H groups in total. The summed E-state index contributed by atoms with van der Waals surface area (Å²) in [5.74, 6) is -0.669. The fraction of sp³-hybridized carbons (Fsp3) is 0.0800. The van der Waals surface area contributed by atoms with Crippen molar-refractivity contribution >= 4 is 56.5 Å². The van der Waals surface area contributed by atoms with Gasteiger partial charge in [0.25, 0.3) is 5.91 Å². The molecule has 174 valence electrons. The van der Waals surface area contributed by atoms with Crippen LogP contribution in [-0.4, -0.2) is 40.9 Å². The Morgan fingerprint density at radius 1 is 1.06 bits per heavy atom. The van der Waals surface area contributed by atoms with Crippen molar-refractivity contribution in [3.05, 3.63) is 78.5 Å². The predicted molar refractivity (Wildman–Crippen MR) is 136 cm³/mol. The summed E-state index contributed by atoms with van der Waals surface area (Å²) >= 11 is 1.20. The summed E-state index contributed by atoms with van der Waals surface area (Å²) in [7, 11) is 0. The Kier molecular flexibility index (Phi) is 5.94. The van der Waals surface area contributed by atoms with Crippen LogP contribution in [0.5, 0.6) is 0 Å². The van der Waals surface area contributed by atoms with E-state index in [0.717, 1.165) is 11.3 Å². The van der Waals surface area contributed by atoms with Gasteiger partial charge in [-0.1, -0.05) is 24.8 Å². The summed E-state index contributed by atoms with van der Waals surface area (Å²) in [5, 5.41) is 8.94. The third-order valence-electron chi connectivity index (χ3n) is 5.41. The molecule has 3 aromatic heterocycles. The number of amides is 4. The number of carbonyl (C=O) groups excluding carboxylic acids is 3. The molecule has 0 radical (unpaired) electrons. The highest BCUT2D eigenvalue weighted by Gasteiger charge is 2.32. The molecule has 1 aliphatic rings. The topological polar surface area (TPSA) is 116 Å². The second kappa shape index (κ2) is 9.35. The largest absolute Gasteiger partial charge is 0.351 e. The van der Waals surface area contributed by atoms with Gasteiger partial charge in [0.15, 0.2) is 0 Å². The van der Waals surface area contributed by atoms with Gasteiger partial charge in [-0.3, -0.25) is 19.5 Å². The SMILES string of the molecule is C=CC(=O)NCCNC(=O)c1sc2nccc3c2c1NC(=O)N3c1cccc(-c2ccccn2)c1. The van der Waals surface area contributed by atoms with Crippen LogP contribution in [0.4, 0.5) is 21.9 Å². The molecule has 1 aromatic carbocycles. The number of hydrogen-bond donors (Lipinski definition) is 3. The number of anilines is 3. The van der Waals surface area contributed by atoms with E-state index in [0.29, 0.717) is 32.2 Å². The number of urea groups is 1. The van der Waals surface area contributed by atoms with Crippen LogP contribution < -0.4 is 20.9 Å². The average Bonchev–Trinajstić information content (AvgIpc) is 3.26. The molecule has 4 amide bonds. The van der Waals surface area contributed by atoms with Crippen molar-refractivity contribution in [3.63, 3.8) is 0 Å². The van der Waals surface area contributed by atoms with Gasteiger partial charge < -0.3 is 16.0 Å². The van der Waals surface area contributed by atoms with Crippen molar-refractivity contribution < 1.29 is 14.4 Å². The van der Waals surface area contributed by atoms with Gasteiger partial charge in [0.2, 0.25) is 5.91 Å². The molecule has 35 heavy (non-hydrogen) atoms. The Morgan fingerprint density at radius 2 is 1.91 bits per heavy atom. The molecule has 0 unspecified atom stereocenters. The Hall–Kier alpha value is -4.57. The molecule has 0 fully saturated rings. The summed E-state index contributed by atoms with van der Waals surface area (Å²) in [6, 6.07) is 14.6. The standard InChI is InChI=1S/C25H20N6O3S/c1-2-19(32)27-12-13-28-23(33)22-21-20-18(9-11-29-24(20)35-22)31(25(34)30-21)16-7-5-6-15(14-16)17-8-3-4-10-26-17/h2-11,14H,1,12-13H2,(H,27,32)(H,28,33)(H,30,34). The Balaban J connectivity index is 1.48. The maximum Gasteiger partial charge on any atom is 0.331 e. The summed E-state index contributed by atoms with van der Waals surface area (Å²) in [5.41, 5.74) is 3.41. The van der Waals surface area contributed by atoms with E-state index >= 15 is 0 Å². The minimum absolute atomic E-state index is 0.229. The fourth-order valence-corrected chi connectivity index (χ4v) is 4.89. The van der Waals surface area contributed by atoms with E-state index in [-0.39, 0.29) is 30.9 Å². The van der Waals surface area contributed by atoms with Crippen molar-refractivity contribution in [3.8, 4) is 11.3 Å². The summed E-state index contributed by atoms with van der Waals surface area (Å²) in [6.07, 6.45) is 4.51. The van der Waals surface area contributed by atoms with E-state index in [1.807, 2.05) is 42.5 Å². The molecule has 9 nitrogen and oxygen atoms in total. The molecule has 0 atom stereocenters. The van der Waals surface area contributed by atoms with Crippen LogP contribution in [-0.2, 0) is 4.79 Å². The number of aromatic nitrogens is 2. The lowest BCUT2D eigenvalue weighted by Crippen LogP contribution is -2.36. The van der Waals surface area contributed by atoms with Crippen LogP contribution in [0.1, 0.15) is 9.67 Å². The van der Waals surface area contributed by atoms with Crippen LogP contribution in [0.2, 0.25) is 0 Å². The molecule has 0 saturated heterocycles. The number of thiophene rings is 1. The van der Waals surface area contributed by atoms with Crippen molar-refractivity contribution in [1.29, 1.82) is 0 Å². The second-order valence-corrected chi connectivity index (χ2v) is 8.60. The van der Waals surface area contributed by atoms with E-state index in [2.05, 4.69) is 32.5 Å². The molecule has 0 bridgehead atoms. The first-order chi connectivity index (χ1) is 17.1. The lowest BCUT2D eigenvalue weighted by molar-refractivity contribution is -0.116. The molecular weight excluding hydrogens is 464 g/mol. The normalized spacial score (nSPS) is 12.2. The third kappa shape index (κ3) is 4.22. The van der Waals surface area contributed by atoms with Crippen molar-refractivity contribution in [2.24, 2.45) is 0 Å². The molecule has 1 aliphatic heterocycles. The van der Waals surface area contributed by atoms with Gasteiger partial charge >= 0.3 is 6.03 Å². The van der Waals surface area contributed by atoms with Gasteiger partial charge in [-0.2, -0.15) is 0 Å².